The summed E-state index contributed by atoms with van der Waals surface area (Å²) in [6.07, 6.45) is 6.65. The van der Waals surface area contributed by atoms with Gasteiger partial charge in [-0.15, -0.1) is 0 Å². The molecule has 0 aromatic heterocycles. The van der Waals surface area contributed by atoms with Crippen LogP contribution >= 0.6 is 0 Å². The number of carbonyl (C=O) groups is 2. The van der Waals surface area contributed by atoms with Crippen molar-refractivity contribution in [1.82, 2.24) is 0 Å². The van der Waals surface area contributed by atoms with Crippen molar-refractivity contribution in [3.63, 3.8) is 0 Å². The molecule has 5 aliphatic carbocycles. The zero-order valence-electron chi connectivity index (χ0n) is 26.0. The Morgan fingerprint density at radius 1 is 1.00 bits per heavy atom. The van der Waals surface area contributed by atoms with Crippen LogP contribution in [0.25, 0.3) is 0 Å². The summed E-state index contributed by atoms with van der Waals surface area (Å²) in [6.45, 7) is 17.2. The van der Waals surface area contributed by atoms with Gasteiger partial charge in [0.25, 0.3) is 0 Å². The van der Waals surface area contributed by atoms with Crippen LogP contribution in [-0.2, 0) is 14.3 Å². The highest BCUT2D eigenvalue weighted by Crippen LogP contribution is 2.77. The number of aliphatic hydroxyl groups excluding tert-OH is 1. The third-order valence-electron chi connectivity index (χ3n) is 13.7. The number of rotatable bonds is 5. The van der Waals surface area contributed by atoms with Gasteiger partial charge in [-0.25, -0.2) is 0 Å². The Morgan fingerprint density at radius 3 is 2.27 bits per heavy atom. The lowest BCUT2D eigenvalue weighted by molar-refractivity contribution is -0.494. The average Bonchev–Trinajstić information content (AvgIpc) is 3.14. The van der Waals surface area contributed by atoms with E-state index < -0.39 is 23.0 Å². The van der Waals surface area contributed by atoms with E-state index >= 15 is 0 Å². The summed E-state index contributed by atoms with van der Waals surface area (Å²) in [6, 6.07) is 0. The normalized spacial score (nSPS) is 44.8. The second-order valence-corrected chi connectivity index (χ2v) is 15.8. The second-order valence-electron chi connectivity index (χ2n) is 15.8. The van der Waals surface area contributed by atoms with Crippen LogP contribution in [0.5, 0.6) is 0 Å². The summed E-state index contributed by atoms with van der Waals surface area (Å²) in [7, 11) is 0. The van der Waals surface area contributed by atoms with Crippen molar-refractivity contribution in [2.75, 3.05) is 6.54 Å². The van der Waals surface area contributed by atoms with E-state index in [0.29, 0.717) is 18.3 Å². The maximum absolute atomic E-state index is 13.6. The van der Waals surface area contributed by atoms with E-state index in [1.807, 2.05) is 0 Å². The molecule has 4 saturated carbocycles. The zero-order chi connectivity index (χ0) is 29.6. The van der Waals surface area contributed by atoms with Crippen molar-refractivity contribution in [2.24, 2.45) is 50.7 Å². The number of fused-ring (bicyclic) bond motifs is 7. The number of hydrogen-bond acceptors (Lipinski definition) is 6. The third kappa shape index (κ3) is 3.84. The number of hydrogen-bond donors (Lipinski definition) is 1. The minimum atomic E-state index is -1.14. The van der Waals surface area contributed by atoms with Crippen LogP contribution in [0.2, 0.25) is 0 Å². The predicted molar refractivity (Wildman–Crippen MR) is 153 cm³/mol. The summed E-state index contributed by atoms with van der Waals surface area (Å²) in [5.41, 5.74) is 1.15. The molecule has 5 unspecified atom stereocenters. The second kappa shape index (κ2) is 9.37. The summed E-state index contributed by atoms with van der Waals surface area (Å²) in [5, 5.41) is 22.9. The van der Waals surface area contributed by atoms with Gasteiger partial charge in [0.05, 0.1) is 0 Å². The Hall–Kier alpha value is -1.76. The topological polar surface area (TPSA) is 107 Å². The molecule has 0 aromatic carbocycles. The van der Waals surface area contributed by atoms with Gasteiger partial charge in [0.1, 0.15) is 12.2 Å². The summed E-state index contributed by atoms with van der Waals surface area (Å²) in [4.78, 5) is 36.6. The van der Waals surface area contributed by atoms with E-state index in [-0.39, 0.29) is 57.8 Å². The molecule has 5 aliphatic rings. The molecule has 9 atom stereocenters. The Balaban J connectivity index is 1.56. The van der Waals surface area contributed by atoms with Gasteiger partial charge in [-0.3, -0.25) is 19.7 Å². The molecule has 4 fully saturated rings. The summed E-state index contributed by atoms with van der Waals surface area (Å²) < 4.78 is 5.87. The smallest absolute Gasteiger partial charge is 0.302 e. The minimum Gasteiger partial charge on any atom is -0.462 e. The highest BCUT2D eigenvalue weighted by atomic mass is 16.6. The number of nitro groups is 1. The van der Waals surface area contributed by atoms with Crippen LogP contribution in [-0.4, -0.2) is 40.5 Å². The molecule has 7 nitrogen and oxygen atoms in total. The fourth-order valence-electron chi connectivity index (χ4n) is 11.8. The molecule has 0 bridgehead atoms. The van der Waals surface area contributed by atoms with E-state index in [1.165, 1.54) is 6.92 Å². The highest BCUT2D eigenvalue weighted by Gasteiger charge is 2.71. The first-order valence-corrected chi connectivity index (χ1v) is 15.7. The Kier molecular flexibility index (Phi) is 6.96. The molecule has 0 saturated heterocycles. The number of aliphatic hydroxyl groups is 1. The maximum Gasteiger partial charge on any atom is 0.302 e. The molecule has 5 rings (SSSR count). The lowest BCUT2D eigenvalue weighted by atomic mass is 9.33. The fraction of sp³-hybridized carbons (Fsp3) is 0.879. The maximum atomic E-state index is 13.6. The standard InChI is InChI=1S/C33H51NO6/c1-19(2)27-22(36)17-33(25(37)18-34(38)39)16-15-31(7)21(28(27)33)9-10-24-30(6)13-12-26(40-20(3)35)29(4,5)23(30)11-14-32(24,31)8/h19,21,23-26,37H,9-18H2,1-8H3/t21?,23?,24?,25?,26?,30-,31+,32+,33-/m0/s1. The lowest BCUT2D eigenvalue weighted by Crippen LogP contribution is -2.66. The van der Waals surface area contributed by atoms with E-state index in [9.17, 15) is 24.8 Å². The lowest BCUT2D eigenvalue weighted by Gasteiger charge is -2.72. The van der Waals surface area contributed by atoms with E-state index in [4.69, 9.17) is 4.74 Å². The largest absolute Gasteiger partial charge is 0.462 e. The van der Waals surface area contributed by atoms with Gasteiger partial charge in [0.15, 0.2) is 5.78 Å². The fourth-order valence-corrected chi connectivity index (χ4v) is 11.8. The molecular weight excluding hydrogens is 506 g/mol. The van der Waals surface area contributed by atoms with Crippen molar-refractivity contribution >= 4 is 11.8 Å². The number of ether oxygens (including phenoxy) is 1. The molecule has 7 heteroatoms. The monoisotopic (exact) mass is 557 g/mol. The number of carbonyl (C=O) groups excluding carboxylic acids is 2. The van der Waals surface area contributed by atoms with Gasteiger partial charge < -0.3 is 9.84 Å². The Labute approximate surface area is 240 Å². The van der Waals surface area contributed by atoms with Crippen molar-refractivity contribution in [3.05, 3.63) is 21.3 Å². The Bertz CT molecular complexity index is 1140. The van der Waals surface area contributed by atoms with E-state index in [1.54, 1.807) is 0 Å². The van der Waals surface area contributed by atoms with Gasteiger partial charge in [-0.2, -0.15) is 0 Å². The van der Waals surface area contributed by atoms with Crippen LogP contribution in [0.1, 0.15) is 113 Å². The first-order chi connectivity index (χ1) is 18.5. The zero-order valence-corrected chi connectivity index (χ0v) is 26.0. The average molecular weight is 558 g/mol. The first-order valence-electron chi connectivity index (χ1n) is 15.7. The molecular formula is C33H51NO6. The number of Topliss-reactive ketones (excluding diaryl/α,β-unsaturated/α-hetero) is 1. The van der Waals surface area contributed by atoms with Crippen molar-refractivity contribution < 1.29 is 24.4 Å². The van der Waals surface area contributed by atoms with Crippen LogP contribution in [0.3, 0.4) is 0 Å². The molecule has 0 aromatic rings. The van der Waals surface area contributed by atoms with Crippen LogP contribution in [0.4, 0.5) is 0 Å². The quantitative estimate of drug-likeness (QED) is 0.234. The molecule has 0 aliphatic heterocycles. The minimum absolute atomic E-state index is 0.0330. The van der Waals surface area contributed by atoms with Gasteiger partial charge in [-0.05, 0) is 96.9 Å². The molecule has 1 N–H and O–H groups in total. The summed E-state index contributed by atoms with van der Waals surface area (Å²) >= 11 is 0. The van der Waals surface area contributed by atoms with Crippen molar-refractivity contribution in [1.29, 1.82) is 0 Å². The first kappa shape index (κ1) is 29.7. The number of nitrogens with zero attached hydrogens (tertiary/aromatic N) is 1. The molecule has 0 radical (unpaired) electrons. The van der Waals surface area contributed by atoms with Crippen molar-refractivity contribution in [2.45, 2.75) is 125 Å². The van der Waals surface area contributed by atoms with Gasteiger partial charge >= 0.3 is 5.97 Å². The molecule has 224 valence electrons. The highest BCUT2D eigenvalue weighted by molar-refractivity contribution is 6.00. The molecule has 0 amide bonds. The van der Waals surface area contributed by atoms with Crippen LogP contribution in [0.15, 0.2) is 11.1 Å². The van der Waals surface area contributed by atoms with E-state index in [0.717, 1.165) is 56.1 Å². The number of esters is 1. The van der Waals surface area contributed by atoms with E-state index in [2.05, 4.69) is 48.5 Å². The van der Waals surface area contributed by atoms with Gasteiger partial charge in [0, 0.05) is 29.1 Å². The molecule has 0 heterocycles. The molecule has 0 spiro atoms. The van der Waals surface area contributed by atoms with Crippen LogP contribution in [0, 0.1) is 60.9 Å². The van der Waals surface area contributed by atoms with Crippen LogP contribution < -0.4 is 0 Å². The SMILES string of the molecule is CC(=O)OC1CC[C@@]2(C)C(CC[C@]3(C)C2CCC2C4=C(C(C)C)C(=O)C[C@]4(C(O)C[N+](=O)[O-])CC[C@]23C)C1(C)C. The Morgan fingerprint density at radius 2 is 1.68 bits per heavy atom. The third-order valence-corrected chi connectivity index (χ3v) is 13.7. The van der Waals surface area contributed by atoms with Gasteiger partial charge in [-0.1, -0.05) is 54.0 Å². The summed E-state index contributed by atoms with van der Waals surface area (Å²) in [5.74, 6) is 1.04. The van der Waals surface area contributed by atoms with Gasteiger partial charge in [0.2, 0.25) is 6.54 Å². The predicted octanol–water partition coefficient (Wildman–Crippen LogP) is 6.54. The number of ketones is 1. The molecule has 40 heavy (non-hydrogen) atoms. The van der Waals surface area contributed by atoms with Crippen molar-refractivity contribution in [3.8, 4) is 0 Å². The number of allylic oxidation sites excluding steroid dienone is 1.